The molecule has 0 saturated heterocycles. The number of hydrogen-bond donors (Lipinski definition) is 4. The van der Waals surface area contributed by atoms with Crippen molar-refractivity contribution in [2.75, 3.05) is 0 Å². The molecule has 1 heterocycles. The highest BCUT2D eigenvalue weighted by Gasteiger charge is 2.24. The number of hydrogen-bond acceptors (Lipinski definition) is 4. The van der Waals surface area contributed by atoms with Crippen molar-refractivity contribution in [3.05, 3.63) is 0 Å². The fourth-order valence-corrected chi connectivity index (χ4v) is 0.719. The van der Waals surface area contributed by atoms with Crippen LogP contribution in [0.2, 0.25) is 0 Å². The molecule has 0 radical (unpaired) electrons. The van der Waals surface area contributed by atoms with Crippen LogP contribution in [0.4, 0.5) is 0 Å². The molecule has 1 rings (SSSR count). The Morgan fingerprint density at radius 1 is 1.73 bits per heavy atom. The van der Waals surface area contributed by atoms with Gasteiger partial charge in [0.05, 0.1) is 0 Å². The number of aliphatic hydroxyl groups is 1. The number of aliphatic carboxylic acids is 1. The number of rotatable bonds is 1. The zero-order valence-electron chi connectivity index (χ0n) is 5.24. The van der Waals surface area contributed by atoms with E-state index in [1.54, 1.807) is 0 Å². The number of carboxylic acids is 1. The van der Waals surface area contributed by atoms with Crippen LogP contribution in [0.5, 0.6) is 0 Å². The molecule has 1 atom stereocenters. The van der Waals surface area contributed by atoms with E-state index in [0.29, 0.717) is 0 Å². The molecule has 0 aromatic heterocycles. The second-order valence-electron chi connectivity index (χ2n) is 1.79. The highest BCUT2D eigenvalue weighted by atomic mass is 32.1. The number of thiocarbonyl (C=S) groups is 1. The Kier molecular flexibility index (Phi) is 2.01. The summed E-state index contributed by atoms with van der Waals surface area (Å²) in [5, 5.41) is 23.0. The minimum atomic E-state index is -1.33. The Balaban J connectivity index is 2.80. The fraction of sp³-hybridized carbons (Fsp3) is 0.250. The highest BCUT2D eigenvalue weighted by Crippen LogP contribution is 1.90. The summed E-state index contributed by atoms with van der Waals surface area (Å²) < 4.78 is 0. The predicted molar refractivity (Wildman–Crippen MR) is 39.9 cm³/mol. The van der Waals surface area contributed by atoms with E-state index >= 15 is 0 Å². The van der Waals surface area contributed by atoms with Gasteiger partial charge in [0.15, 0.2) is 17.1 Å². The van der Waals surface area contributed by atoms with Crippen LogP contribution >= 0.6 is 12.2 Å². The van der Waals surface area contributed by atoms with Gasteiger partial charge in [-0.05, 0) is 12.2 Å². The molecular weight excluding hydrogens is 170 g/mol. The molecule has 1 aliphatic heterocycles. The molecule has 0 fully saturated rings. The first kappa shape index (κ1) is 7.89. The van der Waals surface area contributed by atoms with E-state index in [1.165, 1.54) is 0 Å². The quantitative estimate of drug-likeness (QED) is 0.352. The fourth-order valence-electron chi connectivity index (χ4n) is 0.562. The number of hydrazone groups is 1. The van der Waals surface area contributed by atoms with Crippen molar-refractivity contribution in [1.29, 1.82) is 0 Å². The average molecular weight is 175 g/mol. The molecular formula is C4H5N3O3S. The second kappa shape index (κ2) is 2.81. The lowest BCUT2D eigenvalue weighted by Crippen LogP contribution is -2.52. The summed E-state index contributed by atoms with van der Waals surface area (Å²) >= 11 is 4.54. The van der Waals surface area contributed by atoms with Crippen LogP contribution in [0.15, 0.2) is 5.10 Å². The Bertz CT molecular complexity index is 239. The van der Waals surface area contributed by atoms with Crippen molar-refractivity contribution in [1.82, 2.24) is 10.7 Å². The van der Waals surface area contributed by atoms with E-state index in [4.69, 9.17) is 10.2 Å². The maximum absolute atomic E-state index is 10.3. The molecule has 6 nitrogen and oxygen atoms in total. The van der Waals surface area contributed by atoms with Gasteiger partial charge in [0.1, 0.15) is 0 Å². The van der Waals surface area contributed by atoms with Gasteiger partial charge in [-0.15, -0.1) is 0 Å². The number of carboxylic acid groups (broad SMARTS) is 1. The van der Waals surface area contributed by atoms with Crippen LogP contribution in [0.25, 0.3) is 0 Å². The Hall–Kier alpha value is -1.21. The summed E-state index contributed by atoms with van der Waals surface area (Å²) in [5.41, 5.74) is 1.81. The molecule has 7 heteroatoms. The number of carbonyl (C=O) groups is 1. The standard InChI is InChI=1S/C4H5N3O3S/c8-2-1(3(9)10)6-7-4(11)5-2/h2,8H,(H,9,10)(H2,5,7,11). The van der Waals surface area contributed by atoms with Gasteiger partial charge in [0, 0.05) is 0 Å². The van der Waals surface area contributed by atoms with E-state index in [1.807, 2.05) is 0 Å². The summed E-state index contributed by atoms with van der Waals surface area (Å²) in [4.78, 5) is 10.3. The van der Waals surface area contributed by atoms with Gasteiger partial charge < -0.3 is 15.5 Å². The Morgan fingerprint density at radius 3 is 2.82 bits per heavy atom. The summed E-state index contributed by atoms with van der Waals surface area (Å²) in [7, 11) is 0. The largest absolute Gasteiger partial charge is 0.477 e. The maximum Gasteiger partial charge on any atom is 0.356 e. The number of aliphatic hydroxyl groups excluding tert-OH is 1. The van der Waals surface area contributed by atoms with Gasteiger partial charge >= 0.3 is 5.97 Å². The average Bonchev–Trinajstić information content (AvgIpc) is 1.85. The molecule has 0 aromatic rings. The van der Waals surface area contributed by atoms with Gasteiger partial charge in [0.25, 0.3) is 0 Å². The molecule has 60 valence electrons. The molecule has 1 unspecified atom stereocenters. The van der Waals surface area contributed by atoms with Crippen LogP contribution in [-0.4, -0.2) is 33.2 Å². The molecule has 4 N–H and O–H groups in total. The summed E-state index contributed by atoms with van der Waals surface area (Å²) in [6.45, 7) is 0. The lowest BCUT2D eigenvalue weighted by atomic mass is 10.3. The van der Waals surface area contributed by atoms with E-state index in [9.17, 15) is 4.79 Å². The molecule has 0 amide bonds. The normalized spacial score (nSPS) is 23.2. The third kappa shape index (κ3) is 1.63. The first-order valence-corrected chi connectivity index (χ1v) is 3.07. The SMILES string of the molecule is O=C(O)C1=NNC(=S)NC1O. The zero-order valence-corrected chi connectivity index (χ0v) is 6.05. The van der Waals surface area contributed by atoms with Crippen molar-refractivity contribution >= 4 is 29.0 Å². The monoisotopic (exact) mass is 175 g/mol. The highest BCUT2D eigenvalue weighted by molar-refractivity contribution is 7.80. The van der Waals surface area contributed by atoms with Crippen molar-refractivity contribution in [3.8, 4) is 0 Å². The third-order valence-corrected chi connectivity index (χ3v) is 1.23. The van der Waals surface area contributed by atoms with Crippen molar-refractivity contribution in [3.63, 3.8) is 0 Å². The molecule has 0 aromatic carbocycles. The van der Waals surface area contributed by atoms with Gasteiger partial charge in [-0.1, -0.05) is 0 Å². The molecule has 0 spiro atoms. The summed E-state index contributed by atoms with van der Waals surface area (Å²) in [6.07, 6.45) is -1.33. The first-order chi connectivity index (χ1) is 5.11. The minimum absolute atomic E-state index is 0.0995. The maximum atomic E-state index is 10.3. The second-order valence-corrected chi connectivity index (χ2v) is 2.20. The lowest BCUT2D eigenvalue weighted by Gasteiger charge is -2.18. The van der Waals surface area contributed by atoms with Gasteiger partial charge in [-0.3, -0.25) is 5.43 Å². The van der Waals surface area contributed by atoms with Crippen LogP contribution in [0.3, 0.4) is 0 Å². The van der Waals surface area contributed by atoms with E-state index in [2.05, 4.69) is 28.1 Å². The van der Waals surface area contributed by atoms with Crippen LogP contribution in [0.1, 0.15) is 0 Å². The minimum Gasteiger partial charge on any atom is -0.477 e. The van der Waals surface area contributed by atoms with Crippen LogP contribution in [0, 0.1) is 0 Å². The van der Waals surface area contributed by atoms with Crippen molar-refractivity contribution < 1.29 is 15.0 Å². The van der Waals surface area contributed by atoms with E-state index in [0.717, 1.165) is 0 Å². The number of nitrogens with zero attached hydrogens (tertiary/aromatic N) is 1. The smallest absolute Gasteiger partial charge is 0.356 e. The molecule has 11 heavy (non-hydrogen) atoms. The van der Waals surface area contributed by atoms with Crippen LogP contribution < -0.4 is 10.7 Å². The van der Waals surface area contributed by atoms with Crippen molar-refractivity contribution in [2.45, 2.75) is 6.23 Å². The zero-order chi connectivity index (χ0) is 8.43. The topological polar surface area (TPSA) is 94.0 Å². The molecule has 0 bridgehead atoms. The summed E-state index contributed by atoms with van der Waals surface area (Å²) in [6, 6.07) is 0. The van der Waals surface area contributed by atoms with E-state index < -0.39 is 17.9 Å². The Morgan fingerprint density at radius 2 is 2.36 bits per heavy atom. The third-order valence-electron chi connectivity index (χ3n) is 1.02. The Labute approximate surface area is 66.9 Å². The van der Waals surface area contributed by atoms with Crippen LogP contribution in [-0.2, 0) is 4.79 Å². The van der Waals surface area contributed by atoms with Gasteiger partial charge in [0.2, 0.25) is 0 Å². The van der Waals surface area contributed by atoms with Gasteiger partial charge in [-0.2, -0.15) is 5.10 Å². The van der Waals surface area contributed by atoms with Crippen molar-refractivity contribution in [2.24, 2.45) is 5.10 Å². The first-order valence-electron chi connectivity index (χ1n) is 2.66. The molecule has 0 aliphatic carbocycles. The molecule has 1 aliphatic rings. The summed E-state index contributed by atoms with van der Waals surface area (Å²) in [5.74, 6) is -1.29. The molecule has 0 saturated carbocycles. The predicted octanol–water partition coefficient (Wildman–Crippen LogP) is -1.78. The van der Waals surface area contributed by atoms with Gasteiger partial charge in [-0.25, -0.2) is 4.79 Å². The number of nitrogens with one attached hydrogen (secondary N) is 2. The van der Waals surface area contributed by atoms with E-state index in [-0.39, 0.29) is 5.11 Å². The lowest BCUT2D eigenvalue weighted by molar-refractivity contribution is -0.130.